The van der Waals surface area contributed by atoms with Crippen molar-refractivity contribution < 1.29 is 19.7 Å². The molecule has 31 heavy (non-hydrogen) atoms. The summed E-state index contributed by atoms with van der Waals surface area (Å²) in [5, 5.41) is 20.6. The Balaban J connectivity index is 1.82. The number of halogens is 2. The molecule has 2 N–H and O–H groups in total. The van der Waals surface area contributed by atoms with E-state index in [1.807, 2.05) is 54.3 Å². The summed E-state index contributed by atoms with van der Waals surface area (Å²) in [6.07, 6.45) is -0.0300. The fourth-order valence-corrected chi connectivity index (χ4v) is 6.23. The van der Waals surface area contributed by atoms with Gasteiger partial charge in [-0.05, 0) is 101 Å². The van der Waals surface area contributed by atoms with Crippen LogP contribution in [0.25, 0.3) is 0 Å². The van der Waals surface area contributed by atoms with Crippen LogP contribution in [0.2, 0.25) is 0 Å². The molecule has 2 aliphatic heterocycles. The van der Waals surface area contributed by atoms with Crippen LogP contribution in [0.4, 0.5) is 5.69 Å². The molecule has 4 atom stereocenters. The van der Waals surface area contributed by atoms with Gasteiger partial charge in [0.05, 0.1) is 23.9 Å². The van der Waals surface area contributed by atoms with E-state index < -0.39 is 17.3 Å². The van der Waals surface area contributed by atoms with Crippen molar-refractivity contribution in [2.24, 2.45) is 11.8 Å². The molecule has 1 spiro atoms. The number of carbonyl (C=O) groups is 1. The molecule has 1 saturated heterocycles. The number of rotatable bonds is 5. The van der Waals surface area contributed by atoms with Crippen LogP contribution >= 0.6 is 45.2 Å². The summed E-state index contributed by atoms with van der Waals surface area (Å²) in [4.78, 5) is 15.9. The number of anilines is 1. The first-order chi connectivity index (χ1) is 14.6. The van der Waals surface area contributed by atoms with E-state index in [0.29, 0.717) is 13.0 Å². The zero-order valence-corrected chi connectivity index (χ0v) is 22.1. The zero-order chi connectivity index (χ0) is 22.6. The maximum atomic E-state index is 14.1. The summed E-state index contributed by atoms with van der Waals surface area (Å²) in [6, 6.07) is 14.2. The van der Waals surface area contributed by atoms with Gasteiger partial charge in [0.15, 0.2) is 5.60 Å². The average molecular weight is 647 g/mol. The first kappa shape index (κ1) is 23.4. The van der Waals surface area contributed by atoms with E-state index in [1.54, 1.807) is 13.8 Å². The second-order valence-corrected chi connectivity index (χ2v) is 11.5. The third kappa shape index (κ3) is 3.94. The van der Waals surface area contributed by atoms with Gasteiger partial charge < -0.3 is 19.8 Å². The number of aliphatic hydroxyl groups excluding tert-OH is 1. The maximum Gasteiger partial charge on any atom is 0.264 e. The van der Waals surface area contributed by atoms with Crippen molar-refractivity contribution in [1.82, 2.24) is 0 Å². The molecule has 2 heterocycles. The maximum absolute atomic E-state index is 14.1. The van der Waals surface area contributed by atoms with Crippen LogP contribution in [0.3, 0.4) is 0 Å². The number of ether oxygens (including phenoxy) is 1. The number of fused-ring (bicyclic) bond motifs is 2. The Hall–Kier alpha value is -0.750. The molecule has 2 aromatic rings. The Morgan fingerprint density at radius 1 is 1.13 bits per heavy atom. The Bertz CT molecular complexity index is 988. The molecule has 1 fully saturated rings. The van der Waals surface area contributed by atoms with Gasteiger partial charge in [0.2, 0.25) is 0 Å². The zero-order valence-electron chi connectivity index (χ0n) is 17.8. The molecular formula is C24H27I2NO4. The highest BCUT2D eigenvalue weighted by Crippen LogP contribution is 2.58. The molecule has 0 saturated carbocycles. The van der Waals surface area contributed by atoms with Crippen LogP contribution < -0.4 is 4.90 Å². The van der Waals surface area contributed by atoms with Crippen LogP contribution in [0, 0.1) is 19.0 Å². The summed E-state index contributed by atoms with van der Waals surface area (Å²) < 4.78 is 8.74. The highest BCUT2D eigenvalue weighted by molar-refractivity contribution is 14.1. The lowest BCUT2D eigenvalue weighted by atomic mass is 9.71. The Labute approximate surface area is 210 Å². The summed E-state index contributed by atoms with van der Waals surface area (Å²) in [5.74, 6) is -0.631. The minimum Gasteiger partial charge on any atom is -0.396 e. The summed E-state index contributed by atoms with van der Waals surface area (Å²) in [6.45, 7) is 5.92. The summed E-state index contributed by atoms with van der Waals surface area (Å²) >= 11 is 4.53. The average Bonchev–Trinajstić information content (AvgIpc) is 3.11. The molecule has 4 rings (SSSR count). The SMILES string of the molecule is C[C@@H]1[C@@H](C(C)(C)O)[C@H](CCO)O[C@@]12C(=O)N(Cc1ccc(I)cc1)c1ccc(I)cc12. The van der Waals surface area contributed by atoms with Gasteiger partial charge >= 0.3 is 0 Å². The van der Waals surface area contributed by atoms with Gasteiger partial charge in [0, 0.05) is 31.1 Å². The molecule has 7 heteroatoms. The Kier molecular flexibility index (Phi) is 6.46. The third-order valence-electron chi connectivity index (χ3n) is 6.61. The van der Waals surface area contributed by atoms with Gasteiger partial charge in [0.1, 0.15) is 0 Å². The van der Waals surface area contributed by atoms with Crippen LogP contribution in [-0.2, 0) is 21.7 Å². The number of benzene rings is 2. The van der Waals surface area contributed by atoms with E-state index in [0.717, 1.165) is 24.0 Å². The number of nitrogens with zero attached hydrogens (tertiary/aromatic N) is 1. The van der Waals surface area contributed by atoms with Crippen LogP contribution in [0.15, 0.2) is 42.5 Å². The van der Waals surface area contributed by atoms with E-state index >= 15 is 0 Å². The van der Waals surface area contributed by atoms with Gasteiger partial charge in [-0.3, -0.25) is 4.79 Å². The van der Waals surface area contributed by atoms with Gasteiger partial charge in [-0.1, -0.05) is 19.1 Å². The summed E-state index contributed by atoms with van der Waals surface area (Å²) in [5.41, 5.74) is 0.554. The first-order valence-electron chi connectivity index (χ1n) is 10.5. The largest absolute Gasteiger partial charge is 0.396 e. The van der Waals surface area contributed by atoms with Gasteiger partial charge in [-0.2, -0.15) is 0 Å². The number of amides is 1. The third-order valence-corrected chi connectivity index (χ3v) is 8.00. The monoisotopic (exact) mass is 647 g/mol. The quantitative estimate of drug-likeness (QED) is 0.472. The number of hydrogen-bond donors (Lipinski definition) is 2. The van der Waals surface area contributed by atoms with E-state index in [-0.39, 0.29) is 24.3 Å². The topological polar surface area (TPSA) is 70.0 Å². The van der Waals surface area contributed by atoms with Crippen molar-refractivity contribution >= 4 is 56.8 Å². The lowest BCUT2D eigenvalue weighted by Gasteiger charge is -2.34. The van der Waals surface area contributed by atoms with Crippen LogP contribution in [-0.4, -0.2) is 34.4 Å². The van der Waals surface area contributed by atoms with Crippen molar-refractivity contribution in [2.45, 2.75) is 51.0 Å². The van der Waals surface area contributed by atoms with Crippen molar-refractivity contribution in [1.29, 1.82) is 0 Å². The predicted octanol–water partition coefficient (Wildman–Crippen LogP) is 4.44. The molecule has 0 aliphatic carbocycles. The molecule has 5 nitrogen and oxygen atoms in total. The van der Waals surface area contributed by atoms with Crippen molar-refractivity contribution in [2.75, 3.05) is 11.5 Å². The van der Waals surface area contributed by atoms with Crippen molar-refractivity contribution in [3.05, 3.63) is 60.7 Å². The molecule has 0 radical (unpaired) electrons. The van der Waals surface area contributed by atoms with Crippen LogP contribution in [0.5, 0.6) is 0 Å². The molecule has 0 aromatic heterocycles. The Morgan fingerprint density at radius 2 is 1.77 bits per heavy atom. The highest BCUT2D eigenvalue weighted by atomic mass is 127. The van der Waals surface area contributed by atoms with Crippen molar-refractivity contribution in [3.8, 4) is 0 Å². The molecule has 166 valence electrons. The highest BCUT2D eigenvalue weighted by Gasteiger charge is 2.65. The molecule has 0 unspecified atom stereocenters. The molecule has 1 amide bonds. The minimum absolute atomic E-state index is 0.0558. The first-order valence-corrected chi connectivity index (χ1v) is 12.6. The number of aliphatic hydroxyl groups is 2. The van der Waals surface area contributed by atoms with E-state index in [4.69, 9.17) is 4.74 Å². The minimum atomic E-state index is -1.16. The molecular weight excluding hydrogens is 620 g/mol. The van der Waals surface area contributed by atoms with E-state index in [1.165, 1.54) is 0 Å². The molecule has 0 bridgehead atoms. The van der Waals surface area contributed by atoms with Gasteiger partial charge in [0.25, 0.3) is 5.91 Å². The second kappa shape index (κ2) is 8.55. The standard InChI is InChI=1S/C24H27I2NO4/c1-14-21(23(2,3)30)20(10-11-28)31-24(14)18-12-17(26)8-9-19(18)27(22(24)29)13-15-4-6-16(25)7-5-15/h4-9,12,14,20-21,28,30H,10-11,13H2,1-3H3/t14-,20+,21-,24+/m1/s1. The smallest absolute Gasteiger partial charge is 0.264 e. The second-order valence-electron chi connectivity index (χ2n) is 9.05. The normalized spacial score (nSPS) is 27.9. The van der Waals surface area contributed by atoms with Gasteiger partial charge in [-0.15, -0.1) is 0 Å². The van der Waals surface area contributed by atoms with Crippen molar-refractivity contribution in [3.63, 3.8) is 0 Å². The lowest BCUT2D eigenvalue weighted by molar-refractivity contribution is -0.146. The Morgan fingerprint density at radius 3 is 2.39 bits per heavy atom. The molecule has 2 aliphatic rings. The fourth-order valence-electron chi connectivity index (χ4n) is 5.38. The predicted molar refractivity (Wildman–Crippen MR) is 137 cm³/mol. The van der Waals surface area contributed by atoms with E-state index in [2.05, 4.69) is 45.2 Å². The fraction of sp³-hybridized carbons (Fsp3) is 0.458. The molecule has 2 aromatic carbocycles. The summed E-state index contributed by atoms with van der Waals surface area (Å²) in [7, 11) is 0. The van der Waals surface area contributed by atoms with E-state index in [9.17, 15) is 15.0 Å². The number of hydrogen-bond acceptors (Lipinski definition) is 4. The van der Waals surface area contributed by atoms with Gasteiger partial charge in [-0.25, -0.2) is 0 Å². The lowest BCUT2D eigenvalue weighted by Crippen LogP contribution is -2.46. The van der Waals surface area contributed by atoms with Crippen LogP contribution in [0.1, 0.15) is 38.3 Å². The number of carbonyl (C=O) groups excluding carboxylic acids is 1.